The van der Waals surface area contributed by atoms with E-state index in [2.05, 4.69) is 11.2 Å². The number of nitrogens with one attached hydrogen (secondary N) is 1. The Hall–Kier alpha value is -2.69. The quantitative estimate of drug-likeness (QED) is 0.398. The minimum atomic E-state index is -0.664. The first kappa shape index (κ1) is 15.2. The zero-order valence-electron chi connectivity index (χ0n) is 11.9. The number of piperidine rings is 1. The number of benzene rings is 1. The van der Waals surface area contributed by atoms with Crippen molar-refractivity contribution >= 4 is 29.0 Å². The summed E-state index contributed by atoms with van der Waals surface area (Å²) in [6.07, 6.45) is 3.51. The first-order valence-corrected chi connectivity index (χ1v) is 7.36. The Kier molecular flexibility index (Phi) is 4.10. The molecule has 0 radical (unpaired) electrons. The second-order valence-electron chi connectivity index (χ2n) is 5.14. The first-order chi connectivity index (χ1) is 11.1. The predicted molar refractivity (Wildman–Crippen MR) is 87.4 cm³/mol. The maximum absolute atomic E-state index is 13.2. The zero-order chi connectivity index (χ0) is 16.4. The van der Waals surface area contributed by atoms with Crippen LogP contribution in [0.2, 0.25) is 0 Å². The molecule has 0 spiro atoms. The lowest BCUT2D eigenvalue weighted by molar-refractivity contribution is -0.711. The van der Waals surface area contributed by atoms with Gasteiger partial charge in [-0.05, 0) is 17.7 Å². The minimum Gasteiger partial charge on any atom is -0.763 e. The van der Waals surface area contributed by atoms with Gasteiger partial charge in [-0.15, -0.1) is 0 Å². The van der Waals surface area contributed by atoms with Gasteiger partial charge in [-0.2, -0.15) is 4.57 Å². The van der Waals surface area contributed by atoms with Gasteiger partial charge in [0.25, 0.3) is 5.91 Å². The number of halogens is 1. The van der Waals surface area contributed by atoms with Crippen molar-refractivity contribution in [2.45, 2.75) is 12.0 Å². The Morgan fingerprint density at radius 1 is 1.17 bits per heavy atom. The van der Waals surface area contributed by atoms with Crippen molar-refractivity contribution in [3.63, 3.8) is 0 Å². The van der Waals surface area contributed by atoms with E-state index in [-0.39, 0.29) is 16.7 Å². The van der Waals surface area contributed by atoms with E-state index < -0.39 is 12.0 Å². The van der Waals surface area contributed by atoms with Crippen molar-refractivity contribution in [2.24, 2.45) is 0 Å². The topological polar surface area (TPSA) is 55.3 Å². The van der Waals surface area contributed by atoms with E-state index in [9.17, 15) is 14.6 Å². The molecular weight excluding hydrogens is 313 g/mol. The van der Waals surface area contributed by atoms with Crippen molar-refractivity contribution < 1.29 is 13.8 Å². The number of nitrogens with zero attached hydrogens (tertiary/aromatic N) is 2. The van der Waals surface area contributed by atoms with Crippen LogP contribution in [0.15, 0.2) is 60.4 Å². The summed E-state index contributed by atoms with van der Waals surface area (Å²) in [6.45, 7) is 0. The summed E-state index contributed by atoms with van der Waals surface area (Å²) in [6, 6.07) is 10.6. The maximum atomic E-state index is 13.2. The maximum Gasteiger partial charge on any atom is 0.295 e. The monoisotopic (exact) mass is 325 g/mol. The highest BCUT2D eigenvalue weighted by atomic mass is 32.1. The van der Waals surface area contributed by atoms with E-state index in [0.717, 1.165) is 0 Å². The second-order valence-corrected chi connectivity index (χ2v) is 5.55. The fourth-order valence-corrected chi connectivity index (χ4v) is 3.02. The van der Waals surface area contributed by atoms with Crippen LogP contribution in [0.1, 0.15) is 17.5 Å². The molecule has 23 heavy (non-hydrogen) atoms. The van der Waals surface area contributed by atoms with Crippen LogP contribution in [-0.4, -0.2) is 16.8 Å². The van der Waals surface area contributed by atoms with Gasteiger partial charge in [0, 0.05) is 17.7 Å². The van der Waals surface area contributed by atoms with Gasteiger partial charge < -0.3 is 10.7 Å². The fraction of sp³-hybridized carbons (Fsp3) is 0.118. The molecule has 114 valence electrons. The van der Waals surface area contributed by atoms with Gasteiger partial charge in [0.15, 0.2) is 12.4 Å². The van der Waals surface area contributed by atoms with Crippen molar-refractivity contribution in [1.82, 2.24) is 5.32 Å². The highest BCUT2D eigenvalue weighted by molar-refractivity contribution is 7.80. The molecule has 1 fully saturated rings. The van der Waals surface area contributed by atoms with Crippen molar-refractivity contribution in [1.29, 1.82) is 0 Å². The third-order valence-corrected chi connectivity index (χ3v) is 4.11. The highest BCUT2D eigenvalue weighted by Crippen LogP contribution is 2.35. The SMILES string of the molecule is [N-]=C=C1C(=S)NC(=O)C([n+]2ccccc2)C1c1ccc(F)cc1. The minimum absolute atomic E-state index is 0.125. The highest BCUT2D eigenvalue weighted by Gasteiger charge is 2.44. The van der Waals surface area contributed by atoms with Crippen LogP contribution in [-0.2, 0) is 4.79 Å². The summed E-state index contributed by atoms with van der Waals surface area (Å²) in [5, 5.41) is 12.1. The molecule has 2 atom stereocenters. The number of hydrogen-bond donors (Lipinski definition) is 1. The van der Waals surface area contributed by atoms with Crippen molar-refractivity contribution in [3.05, 3.63) is 77.2 Å². The van der Waals surface area contributed by atoms with Crippen LogP contribution in [0.3, 0.4) is 0 Å². The summed E-state index contributed by atoms with van der Waals surface area (Å²) in [5.41, 5.74) is 0.967. The van der Waals surface area contributed by atoms with Gasteiger partial charge in [0.05, 0.1) is 5.92 Å². The molecule has 1 aliphatic rings. The third kappa shape index (κ3) is 2.82. The van der Waals surface area contributed by atoms with Crippen LogP contribution >= 0.6 is 12.2 Å². The van der Waals surface area contributed by atoms with E-state index in [1.807, 2.05) is 6.07 Å². The number of amides is 1. The van der Waals surface area contributed by atoms with Crippen LogP contribution < -0.4 is 9.88 Å². The molecule has 1 aromatic heterocycles. The van der Waals surface area contributed by atoms with Gasteiger partial charge in [0.2, 0.25) is 6.04 Å². The molecule has 0 bridgehead atoms. The van der Waals surface area contributed by atoms with Crippen LogP contribution in [0.5, 0.6) is 0 Å². The fourth-order valence-electron chi connectivity index (χ4n) is 2.75. The second kappa shape index (κ2) is 6.20. The average Bonchev–Trinajstić information content (AvgIpc) is 2.56. The number of carbonyl (C=O) groups is 1. The number of aromatic nitrogens is 1. The van der Waals surface area contributed by atoms with E-state index in [4.69, 9.17) is 12.2 Å². The molecule has 0 aliphatic carbocycles. The lowest BCUT2D eigenvalue weighted by Crippen LogP contribution is -2.56. The summed E-state index contributed by atoms with van der Waals surface area (Å²) >= 11 is 5.13. The molecule has 1 amide bonds. The third-order valence-electron chi connectivity index (χ3n) is 3.79. The Labute approximate surface area is 137 Å². The van der Waals surface area contributed by atoms with Gasteiger partial charge in [-0.25, -0.2) is 4.39 Å². The molecule has 2 unspecified atom stereocenters. The summed E-state index contributed by atoms with van der Waals surface area (Å²) in [5.74, 6) is 0.862. The average molecular weight is 325 g/mol. The lowest BCUT2D eigenvalue weighted by atomic mass is 9.82. The Morgan fingerprint density at radius 2 is 1.83 bits per heavy atom. The van der Waals surface area contributed by atoms with Crippen LogP contribution in [0, 0.1) is 5.82 Å². The Balaban J connectivity index is 2.17. The number of thiocarbonyl (C=S) groups is 1. The molecule has 4 nitrogen and oxygen atoms in total. The van der Waals surface area contributed by atoms with Gasteiger partial charge in [-0.3, -0.25) is 10.7 Å². The largest absolute Gasteiger partial charge is 0.763 e. The molecule has 1 saturated heterocycles. The van der Waals surface area contributed by atoms with Crippen LogP contribution in [0.4, 0.5) is 4.39 Å². The number of hydrogen-bond acceptors (Lipinski definition) is 2. The van der Waals surface area contributed by atoms with E-state index >= 15 is 0 Å². The summed E-state index contributed by atoms with van der Waals surface area (Å²) in [4.78, 5) is 12.6. The van der Waals surface area contributed by atoms with Gasteiger partial charge >= 0.3 is 0 Å². The van der Waals surface area contributed by atoms with Crippen molar-refractivity contribution in [2.75, 3.05) is 0 Å². The normalized spacial score (nSPS) is 20.8. The predicted octanol–water partition coefficient (Wildman–Crippen LogP) is 2.06. The van der Waals surface area contributed by atoms with Crippen molar-refractivity contribution in [3.8, 4) is 0 Å². The van der Waals surface area contributed by atoms with Gasteiger partial charge in [0.1, 0.15) is 10.8 Å². The van der Waals surface area contributed by atoms with E-state index in [0.29, 0.717) is 11.1 Å². The lowest BCUT2D eigenvalue weighted by Gasteiger charge is -2.30. The van der Waals surface area contributed by atoms with Gasteiger partial charge in [-0.1, -0.05) is 30.4 Å². The smallest absolute Gasteiger partial charge is 0.295 e. The van der Waals surface area contributed by atoms with E-state index in [1.165, 1.54) is 12.1 Å². The molecular formula is C17H12FN3OS. The molecule has 0 saturated carbocycles. The number of pyridine rings is 1. The summed E-state index contributed by atoms with van der Waals surface area (Å²) in [7, 11) is 0. The molecule has 6 heteroatoms. The first-order valence-electron chi connectivity index (χ1n) is 6.95. The molecule has 1 aliphatic heterocycles. The molecule has 3 rings (SSSR count). The standard InChI is InChI=1S/C17H12FN3OS/c18-12-6-4-11(5-7-12)14-13(10-19)17(23)20-16(22)15(14)21-8-2-1-3-9-21/h1-9,14-15H,(H,20,22,23). The van der Waals surface area contributed by atoms with E-state index in [1.54, 1.807) is 41.2 Å². The summed E-state index contributed by atoms with van der Waals surface area (Å²) < 4.78 is 14.9. The number of carbonyl (C=O) groups excluding carboxylic acids is 1. The number of rotatable bonds is 2. The molecule has 2 aromatic rings. The Morgan fingerprint density at radius 3 is 2.43 bits per heavy atom. The molecule has 1 N–H and O–H groups in total. The Bertz CT molecular complexity index is 813. The molecule has 1 aromatic carbocycles. The zero-order valence-corrected chi connectivity index (χ0v) is 12.8. The molecule has 2 heterocycles. The van der Waals surface area contributed by atoms with Crippen LogP contribution in [0.25, 0.3) is 5.41 Å².